The van der Waals surface area contributed by atoms with Gasteiger partial charge in [-0.1, -0.05) is 40.2 Å². The highest BCUT2D eigenvalue weighted by Gasteiger charge is 2.24. The Morgan fingerprint density at radius 2 is 1.78 bits per heavy atom. The summed E-state index contributed by atoms with van der Waals surface area (Å²) >= 11 is 3.59. The summed E-state index contributed by atoms with van der Waals surface area (Å²) in [6, 6.07) is 21.8. The lowest BCUT2D eigenvalue weighted by atomic mass is 10.0. The number of oxazole rings is 1. The minimum Gasteiger partial charge on any atom is -0.436 e. The Balaban J connectivity index is 1.29. The highest BCUT2D eigenvalue weighted by Crippen LogP contribution is 2.35. The van der Waals surface area contributed by atoms with Crippen LogP contribution in [0.4, 0.5) is 17.1 Å². The zero-order valence-corrected chi connectivity index (χ0v) is 21.2. The molecule has 184 valence electrons. The van der Waals surface area contributed by atoms with Crippen LogP contribution in [0.1, 0.15) is 23.2 Å². The summed E-state index contributed by atoms with van der Waals surface area (Å²) < 4.78 is 7.02. The van der Waals surface area contributed by atoms with E-state index in [1.165, 1.54) is 6.07 Å². The fourth-order valence-electron chi connectivity index (χ4n) is 4.82. The molecule has 1 saturated heterocycles. The monoisotopic (exact) mass is 556 g/mol. The summed E-state index contributed by atoms with van der Waals surface area (Å²) in [6.07, 6.45) is 2.01. The predicted molar refractivity (Wildman–Crippen MR) is 147 cm³/mol. The number of hydrogen-bond donors (Lipinski definition) is 1. The Bertz CT molecular complexity index is 1690. The van der Waals surface area contributed by atoms with Gasteiger partial charge in [-0.15, -0.1) is 0 Å². The van der Waals surface area contributed by atoms with Gasteiger partial charge in [-0.2, -0.15) is 0 Å². The number of benzene rings is 4. The number of amides is 1. The van der Waals surface area contributed by atoms with E-state index in [2.05, 4.69) is 26.2 Å². The minimum atomic E-state index is -0.432. The molecule has 5 aromatic rings. The first-order chi connectivity index (χ1) is 18.0. The van der Waals surface area contributed by atoms with Crippen LogP contribution in [0.5, 0.6) is 0 Å². The SMILES string of the molecule is O=C(Nc1ccc2oc(-c3cccc4c(Br)cccc34)nc2c1)c1ccc(N2CCCC2)c([N+](=O)[O-])c1. The van der Waals surface area contributed by atoms with Crippen molar-refractivity contribution in [3.63, 3.8) is 0 Å². The lowest BCUT2D eigenvalue weighted by Crippen LogP contribution is -2.19. The van der Waals surface area contributed by atoms with Gasteiger partial charge in [-0.3, -0.25) is 14.9 Å². The third-order valence-electron chi connectivity index (χ3n) is 6.63. The van der Waals surface area contributed by atoms with E-state index in [-0.39, 0.29) is 11.3 Å². The van der Waals surface area contributed by atoms with Crippen molar-refractivity contribution >= 4 is 60.8 Å². The van der Waals surface area contributed by atoms with E-state index >= 15 is 0 Å². The Morgan fingerprint density at radius 1 is 1.00 bits per heavy atom. The van der Waals surface area contributed by atoms with Crippen molar-refractivity contribution in [1.82, 2.24) is 4.98 Å². The average molecular weight is 557 g/mol. The molecule has 0 atom stereocenters. The molecule has 8 nitrogen and oxygen atoms in total. The summed E-state index contributed by atoms with van der Waals surface area (Å²) in [5.41, 5.74) is 3.27. The van der Waals surface area contributed by atoms with Crippen LogP contribution >= 0.6 is 15.9 Å². The number of hydrogen-bond acceptors (Lipinski definition) is 6. The summed E-state index contributed by atoms with van der Waals surface area (Å²) in [5.74, 6) is 0.0494. The van der Waals surface area contributed by atoms with Gasteiger partial charge >= 0.3 is 0 Å². The molecule has 9 heteroatoms. The van der Waals surface area contributed by atoms with E-state index in [1.807, 2.05) is 41.3 Å². The van der Waals surface area contributed by atoms with Gasteiger partial charge in [0.25, 0.3) is 11.6 Å². The zero-order valence-electron chi connectivity index (χ0n) is 19.6. The number of nitrogens with one attached hydrogen (secondary N) is 1. The Kier molecular flexibility index (Phi) is 5.84. The second-order valence-corrected chi connectivity index (χ2v) is 9.81. The number of nitro groups is 1. The molecule has 0 unspecified atom stereocenters. The second kappa shape index (κ2) is 9.33. The number of fused-ring (bicyclic) bond motifs is 2. The van der Waals surface area contributed by atoms with E-state index in [0.717, 1.165) is 46.7 Å². The summed E-state index contributed by atoms with van der Waals surface area (Å²) in [5, 5.41) is 16.6. The van der Waals surface area contributed by atoms with Crippen molar-refractivity contribution < 1.29 is 14.1 Å². The van der Waals surface area contributed by atoms with Crippen LogP contribution in [0, 0.1) is 10.1 Å². The highest BCUT2D eigenvalue weighted by atomic mass is 79.9. The molecule has 0 radical (unpaired) electrons. The fraction of sp³-hybridized carbons (Fsp3) is 0.143. The number of rotatable bonds is 5. The standard InChI is InChI=1S/C28H21BrN4O4/c29-22-8-4-5-19-20(22)6-3-7-21(19)28-31-23-16-18(10-12-26(23)37-28)30-27(34)17-9-11-24(25(15-17)33(35)36)32-13-1-2-14-32/h3-12,15-16H,1-2,13-14H2,(H,30,34). The van der Waals surface area contributed by atoms with Crippen LogP contribution < -0.4 is 10.2 Å². The maximum Gasteiger partial charge on any atom is 0.293 e. The van der Waals surface area contributed by atoms with Crippen molar-refractivity contribution in [2.75, 3.05) is 23.3 Å². The quantitative estimate of drug-likeness (QED) is 0.182. The normalized spacial score (nSPS) is 13.4. The van der Waals surface area contributed by atoms with Crippen LogP contribution in [0.15, 0.2) is 81.7 Å². The smallest absolute Gasteiger partial charge is 0.293 e. The molecule has 1 aliphatic heterocycles. The highest BCUT2D eigenvalue weighted by molar-refractivity contribution is 9.10. The number of carbonyl (C=O) groups is 1. The number of halogens is 1. The van der Waals surface area contributed by atoms with Crippen molar-refractivity contribution in [3.05, 3.63) is 92.9 Å². The molecular weight excluding hydrogens is 536 g/mol. The Labute approximate surface area is 220 Å². The minimum absolute atomic E-state index is 0.0622. The molecule has 4 aromatic carbocycles. The molecule has 1 aromatic heterocycles. The number of carbonyl (C=O) groups excluding carboxylic acids is 1. The number of nitro benzene ring substituents is 1. The van der Waals surface area contributed by atoms with E-state index in [9.17, 15) is 14.9 Å². The second-order valence-electron chi connectivity index (χ2n) is 8.95. The largest absolute Gasteiger partial charge is 0.436 e. The fourth-order valence-corrected chi connectivity index (χ4v) is 5.32. The van der Waals surface area contributed by atoms with Crippen LogP contribution in [0.3, 0.4) is 0 Å². The van der Waals surface area contributed by atoms with Gasteiger partial charge in [-0.25, -0.2) is 4.98 Å². The lowest BCUT2D eigenvalue weighted by molar-refractivity contribution is -0.384. The maximum absolute atomic E-state index is 13.0. The molecule has 0 saturated carbocycles. The van der Waals surface area contributed by atoms with Crippen molar-refractivity contribution in [2.24, 2.45) is 0 Å². The van der Waals surface area contributed by atoms with E-state index in [4.69, 9.17) is 4.42 Å². The third-order valence-corrected chi connectivity index (χ3v) is 7.32. The van der Waals surface area contributed by atoms with Crippen molar-refractivity contribution in [2.45, 2.75) is 12.8 Å². The molecule has 1 N–H and O–H groups in total. The molecule has 1 aliphatic rings. The predicted octanol–water partition coefficient (Wildman–Crippen LogP) is 7.17. The number of aromatic nitrogens is 1. The van der Waals surface area contributed by atoms with Crippen molar-refractivity contribution in [3.8, 4) is 11.5 Å². The maximum atomic E-state index is 13.0. The zero-order chi connectivity index (χ0) is 25.5. The first kappa shape index (κ1) is 23.2. The molecule has 2 heterocycles. The van der Waals surface area contributed by atoms with Gasteiger partial charge in [0, 0.05) is 40.4 Å². The van der Waals surface area contributed by atoms with Gasteiger partial charge in [-0.05, 0) is 66.1 Å². The lowest BCUT2D eigenvalue weighted by Gasteiger charge is -2.17. The summed E-state index contributed by atoms with van der Waals surface area (Å²) in [6.45, 7) is 1.56. The molecule has 1 amide bonds. The third kappa shape index (κ3) is 4.31. The number of anilines is 2. The van der Waals surface area contributed by atoms with Gasteiger partial charge < -0.3 is 14.6 Å². The first-order valence-corrected chi connectivity index (χ1v) is 12.7. The Morgan fingerprint density at radius 3 is 2.59 bits per heavy atom. The van der Waals surface area contributed by atoms with Crippen LogP contribution in [0.2, 0.25) is 0 Å². The Hall–Kier alpha value is -4.24. The van der Waals surface area contributed by atoms with E-state index in [1.54, 1.807) is 30.3 Å². The van der Waals surface area contributed by atoms with Gasteiger partial charge in [0.2, 0.25) is 5.89 Å². The molecule has 1 fully saturated rings. The molecule has 0 spiro atoms. The molecule has 0 bridgehead atoms. The van der Waals surface area contributed by atoms with Crippen molar-refractivity contribution in [1.29, 1.82) is 0 Å². The van der Waals surface area contributed by atoms with Crippen LogP contribution in [0.25, 0.3) is 33.3 Å². The molecule has 6 rings (SSSR count). The van der Waals surface area contributed by atoms with Crippen LogP contribution in [-0.2, 0) is 0 Å². The van der Waals surface area contributed by atoms with E-state index < -0.39 is 10.8 Å². The first-order valence-electron chi connectivity index (χ1n) is 11.9. The topological polar surface area (TPSA) is 102 Å². The van der Waals surface area contributed by atoms with Crippen LogP contribution in [-0.4, -0.2) is 28.9 Å². The van der Waals surface area contributed by atoms with Gasteiger partial charge in [0.05, 0.1) is 4.92 Å². The summed E-state index contributed by atoms with van der Waals surface area (Å²) in [4.78, 5) is 30.9. The molecule has 0 aliphatic carbocycles. The average Bonchev–Trinajstić information content (AvgIpc) is 3.58. The van der Waals surface area contributed by atoms with Gasteiger partial charge in [0.1, 0.15) is 11.2 Å². The van der Waals surface area contributed by atoms with Gasteiger partial charge in [0.15, 0.2) is 5.58 Å². The van der Waals surface area contributed by atoms with E-state index in [0.29, 0.717) is 28.4 Å². The number of nitrogens with zero attached hydrogens (tertiary/aromatic N) is 3. The summed E-state index contributed by atoms with van der Waals surface area (Å²) in [7, 11) is 0. The molecule has 37 heavy (non-hydrogen) atoms. The molecular formula is C28H21BrN4O4.